The molecule has 1 aromatic heterocycles. The summed E-state index contributed by atoms with van der Waals surface area (Å²) >= 11 is 0. The molecule has 5 heteroatoms. The first-order valence-electron chi connectivity index (χ1n) is 5.44. The van der Waals surface area contributed by atoms with E-state index in [9.17, 15) is 10.1 Å². The van der Waals surface area contributed by atoms with E-state index in [2.05, 4.69) is 26.1 Å². The summed E-state index contributed by atoms with van der Waals surface area (Å²) in [7, 11) is 0. The predicted molar refractivity (Wildman–Crippen MR) is 61.1 cm³/mol. The highest BCUT2D eigenvalue weighted by atomic mass is 16.6. The summed E-state index contributed by atoms with van der Waals surface area (Å²) in [6, 6.07) is 3.01. The first-order valence-corrected chi connectivity index (χ1v) is 5.44. The van der Waals surface area contributed by atoms with Gasteiger partial charge < -0.3 is 9.73 Å². The topological polar surface area (TPSA) is 68.3 Å². The highest BCUT2D eigenvalue weighted by molar-refractivity contribution is 5.17. The molecule has 16 heavy (non-hydrogen) atoms. The number of nitro groups is 1. The molecular weight excluding hydrogens is 208 g/mol. The fourth-order valence-electron chi connectivity index (χ4n) is 1.22. The molecule has 90 valence electrons. The van der Waals surface area contributed by atoms with E-state index in [-0.39, 0.29) is 5.88 Å². The average molecular weight is 226 g/mol. The molecule has 1 N–H and O–H groups in total. The van der Waals surface area contributed by atoms with Gasteiger partial charge in [0.2, 0.25) is 0 Å². The van der Waals surface area contributed by atoms with Crippen LogP contribution in [-0.4, -0.2) is 11.5 Å². The van der Waals surface area contributed by atoms with Crippen molar-refractivity contribution in [2.45, 2.75) is 27.3 Å². The summed E-state index contributed by atoms with van der Waals surface area (Å²) in [4.78, 5) is 9.85. The zero-order chi connectivity index (χ0) is 12.1. The van der Waals surface area contributed by atoms with E-state index in [1.165, 1.54) is 6.07 Å². The second kappa shape index (κ2) is 5.65. The van der Waals surface area contributed by atoms with Crippen molar-refractivity contribution in [3.63, 3.8) is 0 Å². The van der Waals surface area contributed by atoms with E-state index >= 15 is 0 Å². The van der Waals surface area contributed by atoms with Gasteiger partial charge in [0.15, 0.2) is 0 Å². The number of nitrogens with zero attached hydrogens (tertiary/aromatic N) is 1. The third kappa shape index (κ3) is 3.66. The van der Waals surface area contributed by atoms with Gasteiger partial charge in [-0.3, -0.25) is 10.1 Å². The molecule has 1 aromatic rings. The van der Waals surface area contributed by atoms with Crippen LogP contribution in [0.4, 0.5) is 5.88 Å². The van der Waals surface area contributed by atoms with Crippen molar-refractivity contribution in [1.29, 1.82) is 0 Å². The van der Waals surface area contributed by atoms with E-state index in [1.807, 2.05) is 0 Å². The standard InChI is InChI=1S/C11H18N2O3/c1-8(2)9(3)6-12-7-10-4-5-11(16-10)13(14)15/h4-5,8-9,12H,6-7H2,1-3H3. The molecule has 0 aliphatic heterocycles. The number of nitrogens with one attached hydrogen (secondary N) is 1. The lowest BCUT2D eigenvalue weighted by Crippen LogP contribution is -2.23. The number of hydrogen-bond acceptors (Lipinski definition) is 4. The van der Waals surface area contributed by atoms with Crippen LogP contribution in [0.3, 0.4) is 0 Å². The average Bonchev–Trinajstić information content (AvgIpc) is 2.66. The molecule has 0 saturated carbocycles. The number of furan rings is 1. The molecule has 1 atom stereocenters. The Morgan fingerprint density at radius 2 is 2.12 bits per heavy atom. The van der Waals surface area contributed by atoms with Crippen molar-refractivity contribution in [3.8, 4) is 0 Å². The molecule has 0 aromatic carbocycles. The first-order chi connectivity index (χ1) is 7.50. The van der Waals surface area contributed by atoms with Gasteiger partial charge in [0.05, 0.1) is 12.6 Å². The van der Waals surface area contributed by atoms with E-state index in [0.29, 0.717) is 24.1 Å². The van der Waals surface area contributed by atoms with Crippen LogP contribution in [0.25, 0.3) is 0 Å². The van der Waals surface area contributed by atoms with Crippen molar-refractivity contribution in [2.24, 2.45) is 11.8 Å². The molecule has 0 radical (unpaired) electrons. The van der Waals surface area contributed by atoms with Crippen LogP contribution in [0.5, 0.6) is 0 Å². The smallest absolute Gasteiger partial charge is 0.404 e. The van der Waals surface area contributed by atoms with E-state index in [0.717, 1.165) is 6.54 Å². The van der Waals surface area contributed by atoms with Gasteiger partial charge in [-0.2, -0.15) is 0 Å². The summed E-state index contributed by atoms with van der Waals surface area (Å²) < 4.78 is 5.03. The maximum Gasteiger partial charge on any atom is 0.433 e. The molecule has 5 nitrogen and oxygen atoms in total. The molecule has 1 rings (SSSR count). The van der Waals surface area contributed by atoms with Crippen LogP contribution in [0.1, 0.15) is 26.5 Å². The Morgan fingerprint density at radius 3 is 2.62 bits per heavy atom. The van der Waals surface area contributed by atoms with E-state index in [4.69, 9.17) is 4.42 Å². The lowest BCUT2D eigenvalue weighted by molar-refractivity contribution is -0.402. The Kier molecular flexibility index (Phi) is 4.49. The number of hydrogen-bond donors (Lipinski definition) is 1. The zero-order valence-electron chi connectivity index (χ0n) is 9.90. The first kappa shape index (κ1) is 12.7. The molecular formula is C11H18N2O3. The van der Waals surface area contributed by atoms with Gasteiger partial charge in [-0.15, -0.1) is 0 Å². The van der Waals surface area contributed by atoms with Crippen molar-refractivity contribution in [3.05, 3.63) is 28.0 Å². The van der Waals surface area contributed by atoms with Crippen molar-refractivity contribution in [2.75, 3.05) is 6.54 Å². The SMILES string of the molecule is CC(C)C(C)CNCc1ccc([N+](=O)[O-])o1. The second-order valence-electron chi connectivity index (χ2n) is 4.35. The molecule has 0 spiro atoms. The van der Waals surface area contributed by atoms with Crippen LogP contribution in [0, 0.1) is 22.0 Å². The minimum atomic E-state index is -0.528. The molecule has 0 amide bonds. The van der Waals surface area contributed by atoms with Crippen molar-refractivity contribution >= 4 is 5.88 Å². The van der Waals surface area contributed by atoms with Crippen LogP contribution >= 0.6 is 0 Å². The van der Waals surface area contributed by atoms with Gasteiger partial charge >= 0.3 is 5.88 Å². The largest absolute Gasteiger partial charge is 0.433 e. The molecule has 0 aliphatic carbocycles. The Labute approximate surface area is 95.0 Å². The quantitative estimate of drug-likeness (QED) is 0.598. The van der Waals surface area contributed by atoms with E-state index in [1.54, 1.807) is 6.07 Å². The summed E-state index contributed by atoms with van der Waals surface area (Å²) in [6.07, 6.45) is 0. The highest BCUT2D eigenvalue weighted by Gasteiger charge is 2.12. The second-order valence-corrected chi connectivity index (χ2v) is 4.35. The van der Waals surface area contributed by atoms with Crippen molar-refractivity contribution < 1.29 is 9.34 Å². The Balaban J connectivity index is 2.35. The zero-order valence-corrected chi connectivity index (χ0v) is 9.90. The van der Waals surface area contributed by atoms with Crippen LogP contribution in [-0.2, 0) is 6.54 Å². The maximum atomic E-state index is 10.4. The molecule has 0 saturated heterocycles. The maximum absolute atomic E-state index is 10.4. The molecule has 0 fully saturated rings. The van der Waals surface area contributed by atoms with Crippen LogP contribution in [0.2, 0.25) is 0 Å². The molecule has 0 bridgehead atoms. The third-order valence-electron chi connectivity index (χ3n) is 2.73. The van der Waals surface area contributed by atoms with Gasteiger partial charge in [-0.25, -0.2) is 0 Å². The van der Waals surface area contributed by atoms with E-state index < -0.39 is 4.92 Å². The summed E-state index contributed by atoms with van der Waals surface area (Å²) in [5.74, 6) is 1.60. The van der Waals surface area contributed by atoms with Crippen molar-refractivity contribution in [1.82, 2.24) is 5.32 Å². The number of rotatable bonds is 6. The van der Waals surface area contributed by atoms with Gasteiger partial charge in [0.1, 0.15) is 10.7 Å². The highest BCUT2D eigenvalue weighted by Crippen LogP contribution is 2.15. The minimum Gasteiger partial charge on any atom is -0.404 e. The summed E-state index contributed by atoms with van der Waals surface area (Å²) in [6.45, 7) is 7.92. The fourth-order valence-corrected chi connectivity index (χ4v) is 1.22. The Bertz CT molecular complexity index is 347. The summed E-state index contributed by atoms with van der Waals surface area (Å²) in [5, 5.41) is 13.6. The normalized spacial score (nSPS) is 13.0. The van der Waals surface area contributed by atoms with Gasteiger partial charge in [-0.1, -0.05) is 20.8 Å². The van der Waals surface area contributed by atoms with Gasteiger partial charge in [0.25, 0.3) is 0 Å². The van der Waals surface area contributed by atoms with Gasteiger partial charge in [0, 0.05) is 0 Å². The Hall–Kier alpha value is -1.36. The monoisotopic (exact) mass is 226 g/mol. The summed E-state index contributed by atoms with van der Waals surface area (Å²) in [5.41, 5.74) is 0. The lowest BCUT2D eigenvalue weighted by Gasteiger charge is -2.15. The van der Waals surface area contributed by atoms with Crippen LogP contribution < -0.4 is 5.32 Å². The third-order valence-corrected chi connectivity index (χ3v) is 2.73. The minimum absolute atomic E-state index is 0.200. The Morgan fingerprint density at radius 1 is 1.44 bits per heavy atom. The molecule has 1 heterocycles. The van der Waals surface area contributed by atoms with Gasteiger partial charge in [-0.05, 0) is 24.4 Å². The lowest BCUT2D eigenvalue weighted by atomic mass is 9.98. The van der Waals surface area contributed by atoms with Crippen LogP contribution in [0.15, 0.2) is 16.5 Å². The fraction of sp³-hybridized carbons (Fsp3) is 0.636. The molecule has 1 unspecified atom stereocenters. The molecule has 0 aliphatic rings. The predicted octanol–water partition coefficient (Wildman–Crippen LogP) is 2.57.